The minimum atomic E-state index is -1.06. The van der Waals surface area contributed by atoms with Crippen molar-refractivity contribution >= 4 is 23.5 Å². The summed E-state index contributed by atoms with van der Waals surface area (Å²) >= 11 is 0. The molecule has 0 aromatic heterocycles. The zero-order valence-corrected chi connectivity index (χ0v) is 20.0. The number of anilines is 1. The quantitative estimate of drug-likeness (QED) is 0.350. The number of carboxylic acid groups (broad SMARTS) is 1. The van der Waals surface area contributed by atoms with Gasteiger partial charge in [0.1, 0.15) is 6.04 Å². The summed E-state index contributed by atoms with van der Waals surface area (Å²) in [6, 6.07) is 12.2. The molecule has 182 valence electrons. The van der Waals surface area contributed by atoms with Crippen LogP contribution in [0, 0.1) is 0 Å². The van der Waals surface area contributed by atoms with Gasteiger partial charge in [0.2, 0.25) is 0 Å². The second kappa shape index (κ2) is 11.7. The molecule has 0 bridgehead atoms. The number of nitrogens with zero attached hydrogens (tertiary/aromatic N) is 2. The first-order valence-corrected chi connectivity index (χ1v) is 11.8. The van der Waals surface area contributed by atoms with E-state index < -0.39 is 12.0 Å². The van der Waals surface area contributed by atoms with E-state index in [0.717, 1.165) is 24.2 Å². The van der Waals surface area contributed by atoms with E-state index >= 15 is 0 Å². The Hall–Kier alpha value is -3.39. The van der Waals surface area contributed by atoms with Crippen LogP contribution in [0.1, 0.15) is 66.1 Å². The van der Waals surface area contributed by atoms with Crippen LogP contribution < -0.4 is 21.7 Å². The number of hydrogen-bond acceptors (Lipinski definition) is 5. The molecule has 1 saturated heterocycles. The summed E-state index contributed by atoms with van der Waals surface area (Å²) in [6.07, 6.45) is 3.83. The van der Waals surface area contributed by atoms with Crippen molar-refractivity contribution in [2.45, 2.75) is 58.0 Å². The van der Waals surface area contributed by atoms with Crippen molar-refractivity contribution in [2.24, 2.45) is 16.5 Å². The molecule has 1 heterocycles. The van der Waals surface area contributed by atoms with Gasteiger partial charge in [-0.1, -0.05) is 38.1 Å². The van der Waals surface area contributed by atoms with E-state index in [4.69, 9.17) is 16.6 Å². The van der Waals surface area contributed by atoms with Crippen molar-refractivity contribution in [3.05, 3.63) is 64.7 Å². The lowest BCUT2D eigenvalue weighted by atomic mass is 9.98. The molecule has 1 aliphatic heterocycles. The number of amides is 1. The Kier molecular flexibility index (Phi) is 8.65. The first-order valence-electron chi connectivity index (χ1n) is 11.8. The third-order valence-electron chi connectivity index (χ3n) is 6.12. The lowest BCUT2D eigenvalue weighted by Crippen LogP contribution is -2.37. The maximum Gasteiger partial charge on any atom is 0.320 e. The topological polar surface area (TPSA) is 134 Å². The molecular weight excluding hydrogens is 430 g/mol. The smallest absolute Gasteiger partial charge is 0.320 e. The second-order valence-corrected chi connectivity index (χ2v) is 9.09. The molecule has 8 heteroatoms. The highest BCUT2D eigenvalue weighted by Crippen LogP contribution is 2.28. The standard InChI is InChI=1S/C26H35N5O3/c1-17(2)20-10-11-23(31-12-4-3-5-13-31)21(15-20)16-29-26(28)30-24(32)19-8-6-18(7-9-19)14-22(27)25(33)34/h6-11,15,17,22H,3-5,12-14,16,27H2,1-2H3,(H,33,34)(H3,28,29,30,32)/t22-/m0/s1. The number of carbonyl (C=O) groups excluding carboxylic acids is 1. The van der Waals surface area contributed by atoms with Crippen LogP contribution in [0.2, 0.25) is 0 Å². The van der Waals surface area contributed by atoms with E-state index in [1.807, 2.05) is 0 Å². The van der Waals surface area contributed by atoms with E-state index in [9.17, 15) is 9.59 Å². The zero-order chi connectivity index (χ0) is 24.7. The van der Waals surface area contributed by atoms with Gasteiger partial charge < -0.3 is 21.5 Å². The fraction of sp³-hybridized carbons (Fsp3) is 0.423. The minimum absolute atomic E-state index is 0.0570. The van der Waals surface area contributed by atoms with Crippen molar-refractivity contribution in [3.8, 4) is 0 Å². The summed E-state index contributed by atoms with van der Waals surface area (Å²) in [5, 5.41) is 11.6. The summed E-state index contributed by atoms with van der Waals surface area (Å²) < 4.78 is 0. The molecule has 0 radical (unpaired) electrons. The maximum atomic E-state index is 12.6. The van der Waals surface area contributed by atoms with Crippen LogP contribution in [0.15, 0.2) is 47.5 Å². The zero-order valence-electron chi connectivity index (χ0n) is 20.0. The molecule has 3 rings (SSSR count). The first-order chi connectivity index (χ1) is 16.2. The average Bonchev–Trinajstić information content (AvgIpc) is 2.83. The summed E-state index contributed by atoms with van der Waals surface area (Å²) in [5.74, 6) is -0.972. The fourth-order valence-corrected chi connectivity index (χ4v) is 4.07. The Morgan fingerprint density at radius 3 is 2.38 bits per heavy atom. The van der Waals surface area contributed by atoms with Gasteiger partial charge in [0, 0.05) is 24.3 Å². The van der Waals surface area contributed by atoms with Crippen molar-refractivity contribution in [2.75, 3.05) is 18.0 Å². The normalized spacial score (nSPS) is 15.3. The number of carboxylic acids is 1. The number of nitrogens with two attached hydrogens (primary N) is 2. The third kappa shape index (κ3) is 6.81. The van der Waals surface area contributed by atoms with Gasteiger partial charge in [0.15, 0.2) is 5.96 Å². The number of benzene rings is 2. The molecule has 1 fully saturated rings. The molecule has 0 saturated carbocycles. The van der Waals surface area contributed by atoms with E-state index in [0.29, 0.717) is 18.0 Å². The number of aliphatic carboxylic acids is 1. The fourth-order valence-electron chi connectivity index (χ4n) is 4.07. The van der Waals surface area contributed by atoms with Gasteiger partial charge in [-0.15, -0.1) is 0 Å². The average molecular weight is 466 g/mol. The lowest BCUT2D eigenvalue weighted by Gasteiger charge is -2.31. The van der Waals surface area contributed by atoms with Crippen LogP contribution in [0.25, 0.3) is 0 Å². The minimum Gasteiger partial charge on any atom is -0.480 e. The van der Waals surface area contributed by atoms with Crippen LogP contribution in [0.4, 0.5) is 5.69 Å². The predicted octanol–water partition coefficient (Wildman–Crippen LogP) is 3.00. The largest absolute Gasteiger partial charge is 0.480 e. The molecular formula is C26H35N5O3. The summed E-state index contributed by atoms with van der Waals surface area (Å²) in [4.78, 5) is 30.3. The number of nitrogens with one attached hydrogen (secondary N) is 1. The van der Waals surface area contributed by atoms with Crippen molar-refractivity contribution < 1.29 is 14.7 Å². The van der Waals surface area contributed by atoms with Gasteiger partial charge in [-0.25, -0.2) is 4.99 Å². The monoisotopic (exact) mass is 465 g/mol. The van der Waals surface area contributed by atoms with Crippen molar-refractivity contribution in [1.82, 2.24) is 5.32 Å². The van der Waals surface area contributed by atoms with E-state index in [-0.39, 0.29) is 18.3 Å². The van der Waals surface area contributed by atoms with Gasteiger partial charge >= 0.3 is 5.97 Å². The highest BCUT2D eigenvalue weighted by Gasteiger charge is 2.16. The second-order valence-electron chi connectivity index (χ2n) is 9.09. The predicted molar refractivity (Wildman–Crippen MR) is 135 cm³/mol. The molecule has 0 unspecified atom stereocenters. The highest BCUT2D eigenvalue weighted by atomic mass is 16.4. The van der Waals surface area contributed by atoms with Gasteiger partial charge in [0.25, 0.3) is 5.91 Å². The Morgan fingerprint density at radius 2 is 1.76 bits per heavy atom. The van der Waals surface area contributed by atoms with Crippen molar-refractivity contribution in [1.29, 1.82) is 0 Å². The maximum absolute atomic E-state index is 12.6. The Balaban J connectivity index is 1.68. The van der Waals surface area contributed by atoms with Crippen LogP contribution in [0.5, 0.6) is 0 Å². The molecule has 2 aromatic carbocycles. The number of piperidine rings is 1. The number of carbonyl (C=O) groups is 2. The van der Waals surface area contributed by atoms with Crippen LogP contribution >= 0.6 is 0 Å². The van der Waals surface area contributed by atoms with E-state index in [2.05, 4.69) is 47.3 Å². The number of rotatable bonds is 8. The van der Waals surface area contributed by atoms with E-state index in [1.54, 1.807) is 24.3 Å². The number of hydrogen-bond donors (Lipinski definition) is 4. The first kappa shape index (κ1) is 25.2. The van der Waals surface area contributed by atoms with Crippen molar-refractivity contribution in [3.63, 3.8) is 0 Å². The Morgan fingerprint density at radius 1 is 1.09 bits per heavy atom. The summed E-state index contributed by atoms with van der Waals surface area (Å²) in [5.41, 5.74) is 16.3. The van der Waals surface area contributed by atoms with Gasteiger partial charge in [0.05, 0.1) is 6.54 Å². The highest BCUT2D eigenvalue weighted by molar-refractivity contribution is 6.05. The molecule has 34 heavy (non-hydrogen) atoms. The molecule has 6 N–H and O–H groups in total. The summed E-state index contributed by atoms with van der Waals surface area (Å²) in [6.45, 7) is 6.79. The summed E-state index contributed by atoms with van der Waals surface area (Å²) in [7, 11) is 0. The molecule has 1 aliphatic rings. The molecule has 2 aromatic rings. The number of aliphatic imine (C=N–C) groups is 1. The Bertz CT molecular complexity index is 1030. The Labute approximate surface area is 201 Å². The third-order valence-corrected chi connectivity index (χ3v) is 6.12. The van der Waals surface area contributed by atoms with E-state index in [1.165, 1.54) is 30.5 Å². The number of guanidine groups is 1. The van der Waals surface area contributed by atoms with Crippen LogP contribution in [0.3, 0.4) is 0 Å². The molecule has 0 spiro atoms. The SMILES string of the molecule is CC(C)c1ccc(N2CCCCC2)c(CN=C(N)NC(=O)c2ccc(C[C@H](N)C(=O)O)cc2)c1. The lowest BCUT2D eigenvalue weighted by molar-refractivity contribution is -0.138. The van der Waals surface area contributed by atoms with Crippen LogP contribution in [-0.2, 0) is 17.8 Å². The van der Waals surface area contributed by atoms with Gasteiger partial charge in [-0.2, -0.15) is 0 Å². The molecule has 1 atom stereocenters. The van der Waals surface area contributed by atoms with Gasteiger partial charge in [-0.05, 0) is 66.5 Å². The molecule has 1 amide bonds. The van der Waals surface area contributed by atoms with Crippen LogP contribution in [-0.4, -0.2) is 42.1 Å². The molecule has 8 nitrogen and oxygen atoms in total. The van der Waals surface area contributed by atoms with Gasteiger partial charge in [-0.3, -0.25) is 14.9 Å². The molecule has 0 aliphatic carbocycles.